The summed E-state index contributed by atoms with van der Waals surface area (Å²) in [5.74, 6) is 0. The molecule has 3 nitrogen and oxygen atoms in total. The molecule has 2 fully saturated rings. The van der Waals surface area contributed by atoms with Crippen molar-refractivity contribution in [1.29, 1.82) is 0 Å². The molecular weight excluding hydrogens is 222 g/mol. The number of hydrogen-bond donors (Lipinski definition) is 1. The largest absolute Gasteiger partial charge is 0.326 e. The molecule has 0 aromatic heterocycles. The van der Waals surface area contributed by atoms with Crippen LogP contribution in [-0.2, 0) is 0 Å². The minimum Gasteiger partial charge on any atom is -0.326 e. The summed E-state index contributed by atoms with van der Waals surface area (Å²) >= 11 is 0. The van der Waals surface area contributed by atoms with Crippen molar-refractivity contribution in [2.45, 2.75) is 69.5 Å². The third-order valence-electron chi connectivity index (χ3n) is 5.08. The zero-order valence-electron chi connectivity index (χ0n) is 12.3. The average molecular weight is 253 g/mol. The van der Waals surface area contributed by atoms with Crippen molar-refractivity contribution >= 4 is 0 Å². The quantitative estimate of drug-likeness (QED) is 0.832. The van der Waals surface area contributed by atoms with E-state index in [1.807, 2.05) is 0 Å². The van der Waals surface area contributed by atoms with Gasteiger partial charge in [0.2, 0.25) is 0 Å². The van der Waals surface area contributed by atoms with Crippen LogP contribution in [0.5, 0.6) is 0 Å². The molecule has 1 aliphatic carbocycles. The molecule has 0 bridgehead atoms. The normalized spacial score (nSPS) is 35.0. The van der Waals surface area contributed by atoms with Gasteiger partial charge >= 0.3 is 0 Å². The van der Waals surface area contributed by atoms with Gasteiger partial charge in [-0.3, -0.25) is 0 Å². The summed E-state index contributed by atoms with van der Waals surface area (Å²) in [7, 11) is 4.56. The van der Waals surface area contributed by atoms with Gasteiger partial charge in [0.25, 0.3) is 0 Å². The molecule has 2 aliphatic rings. The van der Waals surface area contributed by atoms with Crippen LogP contribution in [0.15, 0.2) is 0 Å². The summed E-state index contributed by atoms with van der Waals surface area (Å²) in [6.45, 7) is 2.50. The Balaban J connectivity index is 1.74. The Morgan fingerprint density at radius 3 is 2.56 bits per heavy atom. The summed E-state index contributed by atoms with van der Waals surface area (Å²) < 4.78 is 0. The molecule has 18 heavy (non-hydrogen) atoms. The molecule has 3 atom stereocenters. The lowest BCUT2D eigenvalue weighted by atomic mass is 9.89. The molecule has 1 saturated heterocycles. The number of rotatable bonds is 4. The second-order valence-electron chi connectivity index (χ2n) is 6.42. The fraction of sp³-hybridized carbons (Fsp3) is 1.00. The second-order valence-corrected chi connectivity index (χ2v) is 6.42. The van der Waals surface area contributed by atoms with Crippen LogP contribution < -0.4 is 5.73 Å². The topological polar surface area (TPSA) is 32.5 Å². The fourth-order valence-corrected chi connectivity index (χ4v) is 3.71. The Bertz CT molecular complexity index is 244. The average Bonchev–Trinajstić information content (AvgIpc) is 2.38. The third-order valence-corrected chi connectivity index (χ3v) is 5.08. The highest BCUT2D eigenvalue weighted by atomic mass is 15.2. The number of hydrogen-bond acceptors (Lipinski definition) is 3. The van der Waals surface area contributed by atoms with Gasteiger partial charge in [-0.25, -0.2) is 0 Å². The standard InChI is InChI=1S/C15H31N3/c1-17-11-6-5-7-13(17)10-12-18(2)15-9-4-3-8-14(15)16/h13-15H,3-12,16H2,1-2H3. The molecule has 3 heteroatoms. The van der Waals surface area contributed by atoms with E-state index in [4.69, 9.17) is 5.73 Å². The second kappa shape index (κ2) is 6.88. The molecule has 0 spiro atoms. The highest BCUT2D eigenvalue weighted by Crippen LogP contribution is 2.23. The van der Waals surface area contributed by atoms with Gasteiger partial charge in [-0.1, -0.05) is 19.3 Å². The van der Waals surface area contributed by atoms with Crippen LogP contribution in [0.25, 0.3) is 0 Å². The Hall–Kier alpha value is -0.120. The van der Waals surface area contributed by atoms with E-state index in [0.29, 0.717) is 12.1 Å². The lowest BCUT2D eigenvalue weighted by Crippen LogP contribution is -2.49. The van der Waals surface area contributed by atoms with Crippen LogP contribution in [-0.4, -0.2) is 55.1 Å². The molecule has 1 aliphatic heterocycles. The lowest BCUT2D eigenvalue weighted by Gasteiger charge is -2.38. The maximum absolute atomic E-state index is 6.26. The molecular formula is C15H31N3. The predicted octanol–water partition coefficient (Wildman–Crippen LogP) is 2.06. The Labute approximate surface area is 113 Å². The minimum atomic E-state index is 0.410. The van der Waals surface area contributed by atoms with Crippen molar-refractivity contribution in [3.05, 3.63) is 0 Å². The van der Waals surface area contributed by atoms with Gasteiger partial charge in [-0.15, -0.1) is 0 Å². The number of likely N-dealkylation sites (tertiary alicyclic amines) is 1. The Kier molecular flexibility index (Phi) is 5.46. The van der Waals surface area contributed by atoms with E-state index in [0.717, 1.165) is 6.04 Å². The van der Waals surface area contributed by atoms with Crippen LogP contribution in [0, 0.1) is 0 Å². The third kappa shape index (κ3) is 3.69. The summed E-state index contributed by atoms with van der Waals surface area (Å²) in [6.07, 6.45) is 10.7. The molecule has 0 aromatic rings. The van der Waals surface area contributed by atoms with Gasteiger partial charge in [0.15, 0.2) is 0 Å². The molecule has 2 N–H and O–H groups in total. The molecule has 3 unspecified atom stereocenters. The zero-order valence-corrected chi connectivity index (χ0v) is 12.3. The van der Waals surface area contributed by atoms with Crippen molar-refractivity contribution in [1.82, 2.24) is 9.80 Å². The van der Waals surface area contributed by atoms with E-state index in [9.17, 15) is 0 Å². The molecule has 106 valence electrons. The first-order valence-corrected chi connectivity index (χ1v) is 7.84. The van der Waals surface area contributed by atoms with Gasteiger partial charge in [0.1, 0.15) is 0 Å². The van der Waals surface area contributed by atoms with Crippen LogP contribution in [0.2, 0.25) is 0 Å². The van der Waals surface area contributed by atoms with E-state index in [1.165, 1.54) is 64.5 Å². The molecule has 2 rings (SSSR count). The summed E-state index contributed by atoms with van der Waals surface area (Å²) in [6, 6.07) is 1.85. The number of likely N-dealkylation sites (N-methyl/N-ethyl adjacent to an activating group) is 1. The van der Waals surface area contributed by atoms with Crippen molar-refractivity contribution in [2.75, 3.05) is 27.2 Å². The van der Waals surface area contributed by atoms with Gasteiger partial charge < -0.3 is 15.5 Å². The van der Waals surface area contributed by atoms with Crippen molar-refractivity contribution in [3.63, 3.8) is 0 Å². The van der Waals surface area contributed by atoms with E-state index in [1.54, 1.807) is 0 Å². The smallest absolute Gasteiger partial charge is 0.0244 e. The maximum atomic E-state index is 6.26. The highest BCUT2D eigenvalue weighted by Gasteiger charge is 2.26. The van der Waals surface area contributed by atoms with Crippen molar-refractivity contribution in [2.24, 2.45) is 5.73 Å². The van der Waals surface area contributed by atoms with Gasteiger partial charge in [0, 0.05) is 18.1 Å². The minimum absolute atomic E-state index is 0.410. The van der Waals surface area contributed by atoms with Gasteiger partial charge in [0.05, 0.1) is 0 Å². The zero-order chi connectivity index (χ0) is 13.0. The Morgan fingerprint density at radius 1 is 1.11 bits per heavy atom. The van der Waals surface area contributed by atoms with Crippen molar-refractivity contribution < 1.29 is 0 Å². The predicted molar refractivity (Wildman–Crippen MR) is 77.7 cm³/mol. The maximum Gasteiger partial charge on any atom is 0.0244 e. The van der Waals surface area contributed by atoms with E-state index in [-0.39, 0.29) is 0 Å². The van der Waals surface area contributed by atoms with Crippen LogP contribution in [0.3, 0.4) is 0 Å². The van der Waals surface area contributed by atoms with Crippen LogP contribution in [0.1, 0.15) is 51.4 Å². The molecule has 0 aromatic carbocycles. The lowest BCUT2D eigenvalue weighted by molar-refractivity contribution is 0.127. The van der Waals surface area contributed by atoms with Crippen LogP contribution >= 0.6 is 0 Å². The van der Waals surface area contributed by atoms with E-state index >= 15 is 0 Å². The molecule has 1 saturated carbocycles. The Morgan fingerprint density at radius 2 is 1.83 bits per heavy atom. The molecule has 0 radical (unpaired) electrons. The number of piperidine rings is 1. The first-order chi connectivity index (χ1) is 8.68. The van der Waals surface area contributed by atoms with E-state index < -0.39 is 0 Å². The molecule has 1 heterocycles. The monoisotopic (exact) mass is 253 g/mol. The number of nitrogens with two attached hydrogens (primary N) is 1. The van der Waals surface area contributed by atoms with Gasteiger partial charge in [-0.05, 0) is 59.3 Å². The van der Waals surface area contributed by atoms with Crippen LogP contribution in [0.4, 0.5) is 0 Å². The number of nitrogens with zero attached hydrogens (tertiary/aromatic N) is 2. The highest BCUT2D eigenvalue weighted by molar-refractivity contribution is 4.85. The van der Waals surface area contributed by atoms with Gasteiger partial charge in [-0.2, -0.15) is 0 Å². The summed E-state index contributed by atoms with van der Waals surface area (Å²) in [5, 5.41) is 0. The first kappa shape index (κ1) is 14.3. The first-order valence-electron chi connectivity index (χ1n) is 7.84. The SMILES string of the molecule is CN1CCCCC1CCN(C)C1CCCCC1N. The summed E-state index contributed by atoms with van der Waals surface area (Å²) in [4.78, 5) is 5.09. The van der Waals surface area contributed by atoms with Crippen molar-refractivity contribution in [3.8, 4) is 0 Å². The summed E-state index contributed by atoms with van der Waals surface area (Å²) in [5.41, 5.74) is 6.26. The van der Waals surface area contributed by atoms with E-state index in [2.05, 4.69) is 23.9 Å². The fourth-order valence-electron chi connectivity index (χ4n) is 3.71. The molecule has 0 amide bonds.